The summed E-state index contributed by atoms with van der Waals surface area (Å²) in [6, 6.07) is 7.27. The van der Waals surface area contributed by atoms with Gasteiger partial charge in [-0.15, -0.1) is 12.4 Å². The fourth-order valence-corrected chi connectivity index (χ4v) is 3.41. The summed E-state index contributed by atoms with van der Waals surface area (Å²) in [7, 11) is 0. The number of carbonyl (C=O) groups is 2. The first-order valence-electron chi connectivity index (χ1n) is 9.44. The zero-order chi connectivity index (χ0) is 19.3. The molecule has 1 atom stereocenters. The normalized spacial score (nSPS) is 19.1. The van der Waals surface area contributed by atoms with E-state index in [4.69, 9.17) is 5.73 Å². The Morgan fingerprint density at radius 2 is 1.81 bits per heavy atom. The molecule has 7 heteroatoms. The second kappa shape index (κ2) is 10.1. The number of hydrogen-bond donors (Lipinski definition) is 2. The van der Waals surface area contributed by atoms with Gasteiger partial charge in [0.2, 0.25) is 5.91 Å². The maximum Gasteiger partial charge on any atom is 0.253 e. The fourth-order valence-electron chi connectivity index (χ4n) is 3.41. The molecule has 27 heavy (non-hydrogen) atoms. The van der Waals surface area contributed by atoms with Crippen LogP contribution in [0.4, 0.5) is 5.69 Å². The minimum Gasteiger partial charge on any atom is -0.339 e. The number of nitrogens with one attached hydrogen (secondary N) is 1. The van der Waals surface area contributed by atoms with Crippen molar-refractivity contribution in [3.05, 3.63) is 29.8 Å². The topological polar surface area (TPSA) is 78.7 Å². The van der Waals surface area contributed by atoms with Crippen LogP contribution >= 0.6 is 12.4 Å². The van der Waals surface area contributed by atoms with E-state index in [2.05, 4.69) is 24.1 Å². The monoisotopic (exact) mass is 396 g/mol. The SMILES string of the molecule is CCN(CC)C(=O)c1ccc(NC(=O)CN2CCC(N)C(C)(C)C2)cc1.Cl. The molecule has 1 heterocycles. The third-order valence-corrected chi connectivity index (χ3v) is 5.22. The molecule has 0 spiro atoms. The van der Waals surface area contributed by atoms with Crippen molar-refractivity contribution < 1.29 is 9.59 Å². The summed E-state index contributed by atoms with van der Waals surface area (Å²) in [6.07, 6.45) is 0.905. The van der Waals surface area contributed by atoms with Crippen molar-refractivity contribution in [1.82, 2.24) is 9.80 Å². The molecule has 0 radical (unpaired) electrons. The molecule has 1 fully saturated rings. The molecular formula is C20H33ClN4O2. The largest absolute Gasteiger partial charge is 0.339 e. The van der Waals surface area contributed by atoms with E-state index >= 15 is 0 Å². The number of benzene rings is 1. The van der Waals surface area contributed by atoms with E-state index in [1.807, 2.05) is 13.8 Å². The second-order valence-electron chi connectivity index (χ2n) is 7.70. The number of halogens is 1. The summed E-state index contributed by atoms with van der Waals surface area (Å²) in [5.74, 6) is -0.0288. The van der Waals surface area contributed by atoms with E-state index in [0.717, 1.165) is 19.5 Å². The molecule has 1 aromatic carbocycles. The highest BCUT2D eigenvalue weighted by atomic mass is 35.5. The van der Waals surface area contributed by atoms with Crippen molar-refractivity contribution in [2.24, 2.45) is 11.1 Å². The minimum absolute atomic E-state index is 0. The third kappa shape index (κ3) is 6.19. The molecule has 1 aliphatic rings. The number of anilines is 1. The maximum atomic E-state index is 12.3. The van der Waals surface area contributed by atoms with Crippen LogP contribution in [-0.2, 0) is 4.79 Å². The fraction of sp³-hybridized carbons (Fsp3) is 0.600. The predicted molar refractivity (Wildman–Crippen MR) is 112 cm³/mol. The van der Waals surface area contributed by atoms with Crippen LogP contribution in [0.5, 0.6) is 0 Å². The van der Waals surface area contributed by atoms with E-state index in [1.54, 1.807) is 29.2 Å². The summed E-state index contributed by atoms with van der Waals surface area (Å²) in [5.41, 5.74) is 7.51. The van der Waals surface area contributed by atoms with E-state index in [0.29, 0.717) is 30.9 Å². The van der Waals surface area contributed by atoms with E-state index in [9.17, 15) is 9.59 Å². The zero-order valence-corrected chi connectivity index (χ0v) is 17.6. The Labute approximate surface area is 168 Å². The van der Waals surface area contributed by atoms with E-state index in [-0.39, 0.29) is 35.7 Å². The summed E-state index contributed by atoms with van der Waals surface area (Å²) in [4.78, 5) is 28.6. The average Bonchev–Trinajstić information content (AvgIpc) is 2.59. The van der Waals surface area contributed by atoms with Crippen LogP contribution in [0.25, 0.3) is 0 Å². The van der Waals surface area contributed by atoms with Gasteiger partial charge in [0.05, 0.1) is 6.54 Å². The van der Waals surface area contributed by atoms with Crippen molar-refractivity contribution >= 4 is 29.9 Å². The van der Waals surface area contributed by atoms with Crippen molar-refractivity contribution in [2.45, 2.75) is 40.2 Å². The van der Waals surface area contributed by atoms with Gasteiger partial charge in [0.25, 0.3) is 5.91 Å². The third-order valence-electron chi connectivity index (χ3n) is 5.22. The number of nitrogens with zero attached hydrogens (tertiary/aromatic N) is 2. The second-order valence-corrected chi connectivity index (χ2v) is 7.70. The lowest BCUT2D eigenvalue weighted by atomic mass is 9.80. The Kier molecular flexibility index (Phi) is 8.72. The molecule has 1 unspecified atom stereocenters. The smallest absolute Gasteiger partial charge is 0.253 e. The summed E-state index contributed by atoms with van der Waals surface area (Å²) >= 11 is 0. The Morgan fingerprint density at radius 1 is 1.22 bits per heavy atom. The summed E-state index contributed by atoms with van der Waals surface area (Å²) < 4.78 is 0. The van der Waals surface area contributed by atoms with Crippen LogP contribution < -0.4 is 11.1 Å². The van der Waals surface area contributed by atoms with Gasteiger partial charge in [0, 0.05) is 43.5 Å². The molecule has 2 amide bonds. The highest BCUT2D eigenvalue weighted by molar-refractivity contribution is 5.96. The molecule has 0 aromatic heterocycles. The number of piperidine rings is 1. The maximum absolute atomic E-state index is 12.3. The number of amides is 2. The van der Waals surface area contributed by atoms with Gasteiger partial charge in [0.15, 0.2) is 0 Å². The van der Waals surface area contributed by atoms with Gasteiger partial charge >= 0.3 is 0 Å². The molecule has 0 saturated carbocycles. The van der Waals surface area contributed by atoms with Crippen LogP contribution in [0.15, 0.2) is 24.3 Å². The number of hydrogen-bond acceptors (Lipinski definition) is 4. The van der Waals surface area contributed by atoms with Gasteiger partial charge in [-0.25, -0.2) is 0 Å². The zero-order valence-electron chi connectivity index (χ0n) is 16.8. The van der Waals surface area contributed by atoms with Crippen LogP contribution in [0.1, 0.15) is 44.5 Å². The Balaban J connectivity index is 0.00000364. The quantitative estimate of drug-likeness (QED) is 0.774. The number of rotatable bonds is 6. The van der Waals surface area contributed by atoms with Crippen LogP contribution in [-0.4, -0.2) is 60.4 Å². The van der Waals surface area contributed by atoms with E-state index in [1.165, 1.54) is 0 Å². The van der Waals surface area contributed by atoms with Crippen LogP contribution in [0.2, 0.25) is 0 Å². The van der Waals surface area contributed by atoms with Gasteiger partial charge in [-0.1, -0.05) is 13.8 Å². The van der Waals surface area contributed by atoms with Crippen molar-refractivity contribution in [2.75, 3.05) is 38.0 Å². The van der Waals surface area contributed by atoms with Crippen molar-refractivity contribution in [3.8, 4) is 0 Å². The highest BCUT2D eigenvalue weighted by Gasteiger charge is 2.33. The van der Waals surface area contributed by atoms with Crippen LogP contribution in [0.3, 0.4) is 0 Å². The Morgan fingerprint density at radius 3 is 2.33 bits per heavy atom. The van der Waals surface area contributed by atoms with Gasteiger partial charge in [-0.3, -0.25) is 14.5 Å². The first kappa shape index (κ1) is 23.4. The van der Waals surface area contributed by atoms with Gasteiger partial charge < -0.3 is 16.0 Å². The molecule has 152 valence electrons. The lowest BCUT2D eigenvalue weighted by Gasteiger charge is -2.42. The average molecular weight is 397 g/mol. The summed E-state index contributed by atoms with van der Waals surface area (Å²) in [6.45, 7) is 11.6. The van der Waals surface area contributed by atoms with E-state index < -0.39 is 0 Å². The Hall–Kier alpha value is -1.63. The van der Waals surface area contributed by atoms with Crippen molar-refractivity contribution in [1.29, 1.82) is 0 Å². The standard InChI is InChI=1S/C20H32N4O2.ClH/c1-5-24(6-2)19(26)15-7-9-16(10-8-15)22-18(25)13-23-12-11-17(21)20(3,4)14-23;/h7-10,17H,5-6,11-14,21H2,1-4H3,(H,22,25);1H. The van der Waals surface area contributed by atoms with Gasteiger partial charge in [-0.05, 0) is 49.9 Å². The first-order valence-corrected chi connectivity index (χ1v) is 9.44. The first-order chi connectivity index (χ1) is 12.3. The predicted octanol–water partition coefficient (Wildman–Crippen LogP) is 2.59. The molecule has 1 saturated heterocycles. The van der Waals surface area contributed by atoms with Crippen molar-refractivity contribution in [3.63, 3.8) is 0 Å². The Bertz CT molecular complexity index is 629. The molecule has 6 nitrogen and oxygen atoms in total. The molecule has 2 rings (SSSR count). The molecule has 0 bridgehead atoms. The number of nitrogens with two attached hydrogens (primary N) is 1. The van der Waals surface area contributed by atoms with Gasteiger partial charge in [0.1, 0.15) is 0 Å². The highest BCUT2D eigenvalue weighted by Crippen LogP contribution is 2.27. The molecule has 3 N–H and O–H groups in total. The number of likely N-dealkylation sites (tertiary alicyclic amines) is 1. The molecule has 0 aliphatic carbocycles. The molecular weight excluding hydrogens is 364 g/mol. The lowest BCUT2D eigenvalue weighted by molar-refractivity contribution is -0.118. The summed E-state index contributed by atoms with van der Waals surface area (Å²) in [5, 5.41) is 2.91. The lowest BCUT2D eigenvalue weighted by Crippen LogP contribution is -2.53. The van der Waals surface area contributed by atoms with Crippen LogP contribution in [0, 0.1) is 5.41 Å². The molecule has 1 aliphatic heterocycles. The minimum atomic E-state index is -0.0425. The molecule has 1 aromatic rings. The van der Waals surface area contributed by atoms with Gasteiger partial charge in [-0.2, -0.15) is 0 Å². The number of carbonyl (C=O) groups excluding carboxylic acids is 2.